The van der Waals surface area contributed by atoms with Crippen molar-refractivity contribution in [2.45, 2.75) is 72.3 Å². The van der Waals surface area contributed by atoms with E-state index in [0.717, 1.165) is 37.7 Å². The largest absolute Gasteiger partial charge is 0.316 e. The monoisotopic (exact) mass is 333 g/mol. The maximum atomic E-state index is 11.8. The standard InChI is InChI=1S/C13H19NO.C8H16O/c1-4-10(2)13(15)12-7-5-11(6-8-12)9-14-3;1-2-3-4-5-6-7-8-9/h5-8,10,14H,4,9H2,1-3H3;8H,2-7H2,1H3. The molecule has 3 heteroatoms. The first kappa shape index (κ1) is 22.5. The number of aldehydes is 1. The van der Waals surface area contributed by atoms with Gasteiger partial charge in [-0.05, 0) is 25.5 Å². The Morgan fingerprint density at radius 2 is 1.71 bits per heavy atom. The Morgan fingerprint density at radius 3 is 2.21 bits per heavy atom. The molecule has 0 aromatic heterocycles. The molecule has 24 heavy (non-hydrogen) atoms. The van der Waals surface area contributed by atoms with Crippen LogP contribution in [0, 0.1) is 5.92 Å². The molecule has 0 saturated heterocycles. The normalized spacial score (nSPS) is 11.3. The molecule has 1 unspecified atom stereocenters. The van der Waals surface area contributed by atoms with Gasteiger partial charge in [0.2, 0.25) is 0 Å². The predicted molar refractivity (Wildman–Crippen MR) is 102 cm³/mol. The van der Waals surface area contributed by atoms with Crippen LogP contribution in [0.4, 0.5) is 0 Å². The first-order chi connectivity index (χ1) is 11.6. The van der Waals surface area contributed by atoms with Gasteiger partial charge in [-0.2, -0.15) is 0 Å². The van der Waals surface area contributed by atoms with Gasteiger partial charge in [0.1, 0.15) is 6.29 Å². The van der Waals surface area contributed by atoms with Crippen LogP contribution in [0.15, 0.2) is 24.3 Å². The van der Waals surface area contributed by atoms with Crippen LogP contribution in [-0.4, -0.2) is 19.1 Å². The number of carbonyl (C=O) groups excluding carboxylic acids is 2. The minimum Gasteiger partial charge on any atom is -0.316 e. The van der Waals surface area contributed by atoms with Crippen molar-refractivity contribution >= 4 is 12.1 Å². The van der Waals surface area contributed by atoms with Gasteiger partial charge in [0.05, 0.1) is 0 Å². The third kappa shape index (κ3) is 10.3. The fourth-order valence-electron chi connectivity index (χ4n) is 2.29. The SMILES string of the molecule is CCC(C)C(=O)c1ccc(CNC)cc1.CCCCCCCC=O. The van der Waals surface area contributed by atoms with Crippen molar-refractivity contribution in [3.05, 3.63) is 35.4 Å². The van der Waals surface area contributed by atoms with Crippen LogP contribution in [0.2, 0.25) is 0 Å². The summed E-state index contributed by atoms with van der Waals surface area (Å²) in [6, 6.07) is 7.85. The van der Waals surface area contributed by atoms with E-state index in [4.69, 9.17) is 0 Å². The van der Waals surface area contributed by atoms with E-state index in [-0.39, 0.29) is 11.7 Å². The number of carbonyl (C=O) groups is 2. The van der Waals surface area contributed by atoms with Crippen LogP contribution in [0.25, 0.3) is 0 Å². The molecule has 0 heterocycles. The van der Waals surface area contributed by atoms with E-state index in [1.165, 1.54) is 31.2 Å². The highest BCUT2D eigenvalue weighted by molar-refractivity contribution is 5.97. The molecule has 0 aliphatic rings. The predicted octanol–water partition coefficient (Wildman–Crippen LogP) is 5.18. The maximum absolute atomic E-state index is 11.8. The van der Waals surface area contributed by atoms with E-state index < -0.39 is 0 Å². The summed E-state index contributed by atoms with van der Waals surface area (Å²) in [6.07, 6.45) is 8.87. The second-order valence-electron chi connectivity index (χ2n) is 6.27. The van der Waals surface area contributed by atoms with E-state index in [2.05, 4.69) is 12.2 Å². The molecule has 0 radical (unpaired) electrons. The third-order valence-corrected chi connectivity index (χ3v) is 4.10. The lowest BCUT2D eigenvalue weighted by atomic mass is 9.96. The summed E-state index contributed by atoms with van der Waals surface area (Å²) in [5.74, 6) is 0.369. The number of rotatable bonds is 11. The molecule has 1 rings (SSSR count). The highest BCUT2D eigenvalue weighted by atomic mass is 16.1. The molecule has 0 fully saturated rings. The van der Waals surface area contributed by atoms with Crippen molar-refractivity contribution in [2.24, 2.45) is 5.92 Å². The smallest absolute Gasteiger partial charge is 0.165 e. The summed E-state index contributed by atoms with van der Waals surface area (Å²) < 4.78 is 0. The summed E-state index contributed by atoms with van der Waals surface area (Å²) in [4.78, 5) is 21.7. The average Bonchev–Trinajstić information content (AvgIpc) is 2.62. The Balaban J connectivity index is 0.000000506. The van der Waals surface area contributed by atoms with Crippen LogP contribution in [0.5, 0.6) is 0 Å². The Labute approximate surface area is 148 Å². The van der Waals surface area contributed by atoms with E-state index in [1.807, 2.05) is 45.2 Å². The number of hydrogen-bond donors (Lipinski definition) is 1. The molecule has 1 aromatic rings. The van der Waals surface area contributed by atoms with Crippen molar-refractivity contribution in [3.63, 3.8) is 0 Å². The van der Waals surface area contributed by atoms with Gasteiger partial charge in [0.25, 0.3) is 0 Å². The van der Waals surface area contributed by atoms with Gasteiger partial charge in [-0.1, -0.05) is 70.7 Å². The van der Waals surface area contributed by atoms with Gasteiger partial charge in [0.15, 0.2) is 5.78 Å². The Morgan fingerprint density at radius 1 is 1.08 bits per heavy atom. The topological polar surface area (TPSA) is 46.2 Å². The van der Waals surface area contributed by atoms with Gasteiger partial charge in [-0.3, -0.25) is 4.79 Å². The van der Waals surface area contributed by atoms with Gasteiger partial charge in [-0.25, -0.2) is 0 Å². The second-order valence-corrected chi connectivity index (χ2v) is 6.27. The molecule has 3 nitrogen and oxygen atoms in total. The molecule has 0 bridgehead atoms. The van der Waals surface area contributed by atoms with Crippen molar-refractivity contribution in [1.29, 1.82) is 0 Å². The minimum atomic E-state index is 0.125. The van der Waals surface area contributed by atoms with Crippen molar-refractivity contribution in [1.82, 2.24) is 5.32 Å². The number of Topliss-reactive ketones (excluding diaryl/α,β-unsaturated/α-hetero) is 1. The quantitative estimate of drug-likeness (QED) is 0.345. The van der Waals surface area contributed by atoms with E-state index in [9.17, 15) is 9.59 Å². The molecule has 0 spiro atoms. The lowest BCUT2D eigenvalue weighted by molar-refractivity contribution is -0.107. The number of nitrogens with one attached hydrogen (secondary N) is 1. The first-order valence-electron chi connectivity index (χ1n) is 9.32. The summed E-state index contributed by atoms with van der Waals surface area (Å²) >= 11 is 0. The Hall–Kier alpha value is -1.48. The van der Waals surface area contributed by atoms with Crippen LogP contribution in [-0.2, 0) is 11.3 Å². The molecule has 0 amide bonds. The molecule has 1 atom stereocenters. The van der Waals surface area contributed by atoms with Gasteiger partial charge in [-0.15, -0.1) is 0 Å². The number of hydrogen-bond acceptors (Lipinski definition) is 3. The van der Waals surface area contributed by atoms with E-state index in [0.29, 0.717) is 0 Å². The molecular weight excluding hydrogens is 298 g/mol. The summed E-state index contributed by atoms with van der Waals surface area (Å²) in [7, 11) is 1.91. The lowest BCUT2D eigenvalue weighted by Crippen LogP contribution is -2.10. The summed E-state index contributed by atoms with van der Waals surface area (Å²) in [6.45, 7) is 7.05. The summed E-state index contributed by atoms with van der Waals surface area (Å²) in [5, 5.41) is 3.08. The fraction of sp³-hybridized carbons (Fsp3) is 0.619. The first-order valence-corrected chi connectivity index (χ1v) is 9.32. The van der Waals surface area contributed by atoms with Crippen LogP contribution in [0.3, 0.4) is 0 Å². The highest BCUT2D eigenvalue weighted by Crippen LogP contribution is 2.12. The van der Waals surface area contributed by atoms with Crippen molar-refractivity contribution < 1.29 is 9.59 Å². The summed E-state index contributed by atoms with van der Waals surface area (Å²) in [5.41, 5.74) is 2.03. The number of unbranched alkanes of at least 4 members (excludes halogenated alkanes) is 5. The number of ketones is 1. The highest BCUT2D eigenvalue weighted by Gasteiger charge is 2.12. The molecular formula is C21H35NO2. The Kier molecular flexibility index (Phi) is 14.1. The van der Waals surface area contributed by atoms with Crippen LogP contribution < -0.4 is 5.32 Å². The van der Waals surface area contributed by atoms with Crippen molar-refractivity contribution in [2.75, 3.05) is 7.05 Å². The molecule has 1 N–H and O–H groups in total. The van der Waals surface area contributed by atoms with Crippen LogP contribution >= 0.6 is 0 Å². The molecule has 0 aliphatic carbocycles. The Bertz CT molecular complexity index is 440. The van der Waals surface area contributed by atoms with E-state index >= 15 is 0 Å². The zero-order valence-corrected chi connectivity index (χ0v) is 15.9. The fourth-order valence-corrected chi connectivity index (χ4v) is 2.29. The average molecular weight is 334 g/mol. The zero-order valence-electron chi connectivity index (χ0n) is 15.9. The molecule has 0 aliphatic heterocycles. The van der Waals surface area contributed by atoms with Crippen LogP contribution in [0.1, 0.15) is 81.6 Å². The molecule has 0 saturated carbocycles. The molecule has 1 aromatic carbocycles. The van der Waals surface area contributed by atoms with Crippen molar-refractivity contribution in [3.8, 4) is 0 Å². The lowest BCUT2D eigenvalue weighted by Gasteiger charge is -2.08. The molecule has 136 valence electrons. The maximum Gasteiger partial charge on any atom is 0.165 e. The van der Waals surface area contributed by atoms with Gasteiger partial charge >= 0.3 is 0 Å². The van der Waals surface area contributed by atoms with Gasteiger partial charge < -0.3 is 10.1 Å². The zero-order chi connectivity index (χ0) is 18.2. The second kappa shape index (κ2) is 15.1. The minimum absolute atomic E-state index is 0.125. The van der Waals surface area contributed by atoms with Gasteiger partial charge in [0, 0.05) is 24.4 Å². The third-order valence-electron chi connectivity index (χ3n) is 4.10. The number of benzene rings is 1. The van der Waals surface area contributed by atoms with E-state index in [1.54, 1.807) is 0 Å².